The summed E-state index contributed by atoms with van der Waals surface area (Å²) in [6.07, 6.45) is 1.41. The van der Waals surface area contributed by atoms with Crippen molar-refractivity contribution in [2.24, 2.45) is 0 Å². The number of aromatic nitrogens is 2. The second kappa shape index (κ2) is 9.37. The number of nitrogens with one attached hydrogen (secondary N) is 2. The van der Waals surface area contributed by atoms with Crippen LogP contribution in [0.3, 0.4) is 0 Å². The smallest absolute Gasteiger partial charge is 0.316 e. The van der Waals surface area contributed by atoms with Gasteiger partial charge >= 0.3 is 5.97 Å². The zero-order valence-corrected chi connectivity index (χ0v) is 16.7. The fourth-order valence-corrected chi connectivity index (χ4v) is 3.25. The van der Waals surface area contributed by atoms with E-state index in [0.717, 1.165) is 17.1 Å². The Balaban J connectivity index is 1.50. The van der Waals surface area contributed by atoms with Crippen LogP contribution in [0.4, 0.5) is 0 Å². The molecule has 2 heterocycles. The minimum Gasteiger partial charge on any atom is -0.455 e. The van der Waals surface area contributed by atoms with Gasteiger partial charge in [-0.3, -0.25) is 14.4 Å². The van der Waals surface area contributed by atoms with E-state index in [1.807, 2.05) is 38.1 Å². The lowest BCUT2D eigenvalue weighted by Crippen LogP contribution is -2.41. The van der Waals surface area contributed by atoms with Gasteiger partial charge in [0.2, 0.25) is 5.91 Å². The first-order valence-corrected chi connectivity index (χ1v) is 9.89. The highest BCUT2D eigenvalue weighted by Crippen LogP contribution is 2.32. The lowest BCUT2D eigenvalue weighted by Gasteiger charge is -2.09. The van der Waals surface area contributed by atoms with Gasteiger partial charge in [-0.25, -0.2) is 9.97 Å². The molecule has 29 heavy (non-hydrogen) atoms. The first-order valence-electron chi connectivity index (χ1n) is 8.90. The number of nitrogens with zero attached hydrogens (tertiary/aromatic N) is 2. The summed E-state index contributed by atoms with van der Waals surface area (Å²) in [5.74, 6) is -1.50. The number of carbonyl (C=O) groups excluding carboxylic acids is 3. The normalized spacial score (nSPS) is 11.0. The summed E-state index contributed by atoms with van der Waals surface area (Å²) in [5.41, 5.74) is 1.86. The number of hydrogen-bond donors (Lipinski definition) is 2. The van der Waals surface area contributed by atoms with E-state index in [1.54, 1.807) is 0 Å². The Morgan fingerprint density at radius 2 is 1.97 bits per heavy atom. The van der Waals surface area contributed by atoms with Crippen molar-refractivity contribution in [3.8, 4) is 0 Å². The molecule has 2 amide bonds. The first kappa shape index (κ1) is 20.6. The lowest BCUT2D eigenvalue weighted by atomic mass is 10.2. The predicted octanol–water partition coefficient (Wildman–Crippen LogP) is 1.65. The minimum absolute atomic E-state index is 0.0192. The summed E-state index contributed by atoms with van der Waals surface area (Å²) >= 11 is 1.13. The van der Waals surface area contributed by atoms with Crippen molar-refractivity contribution in [1.29, 1.82) is 0 Å². The maximum absolute atomic E-state index is 11.9. The van der Waals surface area contributed by atoms with Gasteiger partial charge in [0, 0.05) is 11.4 Å². The fraction of sp³-hybridized carbons (Fsp3) is 0.316. The van der Waals surface area contributed by atoms with Crippen molar-refractivity contribution in [2.45, 2.75) is 24.9 Å². The van der Waals surface area contributed by atoms with Gasteiger partial charge in [0.05, 0.1) is 12.3 Å². The number of thioether (sulfide) groups is 1. The number of fused-ring (bicyclic) bond motifs is 3. The van der Waals surface area contributed by atoms with Crippen molar-refractivity contribution in [2.75, 3.05) is 18.9 Å². The van der Waals surface area contributed by atoms with Crippen LogP contribution in [0.1, 0.15) is 13.8 Å². The van der Waals surface area contributed by atoms with Crippen LogP contribution in [-0.2, 0) is 19.1 Å². The summed E-state index contributed by atoms with van der Waals surface area (Å²) in [5, 5.41) is 6.41. The largest absolute Gasteiger partial charge is 0.455 e. The number of furan rings is 1. The molecule has 3 rings (SSSR count). The molecule has 0 fully saturated rings. The van der Waals surface area contributed by atoms with Gasteiger partial charge in [-0.2, -0.15) is 0 Å². The molecule has 0 saturated carbocycles. The van der Waals surface area contributed by atoms with Crippen LogP contribution < -0.4 is 10.6 Å². The highest BCUT2D eigenvalue weighted by atomic mass is 32.2. The van der Waals surface area contributed by atoms with Crippen molar-refractivity contribution >= 4 is 51.6 Å². The lowest BCUT2D eigenvalue weighted by molar-refractivity contribution is -0.146. The average molecular weight is 416 g/mol. The van der Waals surface area contributed by atoms with Gasteiger partial charge in [-0.05, 0) is 26.0 Å². The van der Waals surface area contributed by atoms with Crippen LogP contribution >= 0.6 is 11.8 Å². The van der Waals surface area contributed by atoms with Crippen molar-refractivity contribution in [3.63, 3.8) is 0 Å². The van der Waals surface area contributed by atoms with Crippen molar-refractivity contribution < 1.29 is 23.5 Å². The Morgan fingerprint density at radius 3 is 2.76 bits per heavy atom. The highest BCUT2D eigenvalue weighted by molar-refractivity contribution is 8.00. The molecule has 0 aliphatic rings. The molecule has 2 aromatic heterocycles. The maximum Gasteiger partial charge on any atom is 0.316 e. The molecule has 9 nitrogen and oxygen atoms in total. The molecule has 1 aromatic carbocycles. The summed E-state index contributed by atoms with van der Waals surface area (Å²) in [6.45, 7) is 3.00. The predicted molar refractivity (Wildman–Crippen MR) is 107 cm³/mol. The SMILES string of the molecule is CC(C)NC(=O)CNC(=O)COC(=O)CSc1ncnc2c1oc1ccccc12. The number of hydrogen-bond acceptors (Lipinski definition) is 8. The molecule has 0 aliphatic carbocycles. The van der Waals surface area contributed by atoms with Crippen LogP contribution in [-0.4, -0.2) is 52.7 Å². The Morgan fingerprint density at radius 1 is 1.17 bits per heavy atom. The molecular formula is C19H20N4O5S. The number of benzene rings is 1. The molecule has 152 valence electrons. The van der Waals surface area contributed by atoms with E-state index >= 15 is 0 Å². The number of esters is 1. The highest BCUT2D eigenvalue weighted by Gasteiger charge is 2.15. The van der Waals surface area contributed by atoms with Crippen LogP contribution in [0.25, 0.3) is 22.1 Å². The molecule has 0 aliphatic heterocycles. The Labute approximate surface area is 170 Å². The fourth-order valence-electron chi connectivity index (χ4n) is 2.52. The summed E-state index contributed by atoms with van der Waals surface area (Å²) < 4.78 is 10.7. The third-order valence-electron chi connectivity index (χ3n) is 3.71. The summed E-state index contributed by atoms with van der Waals surface area (Å²) in [6, 6.07) is 7.46. The van der Waals surface area contributed by atoms with E-state index in [2.05, 4.69) is 20.6 Å². The zero-order valence-electron chi connectivity index (χ0n) is 15.9. The molecular weight excluding hydrogens is 396 g/mol. The first-order chi connectivity index (χ1) is 13.9. The van der Waals surface area contributed by atoms with Gasteiger partial charge in [-0.1, -0.05) is 23.9 Å². The van der Waals surface area contributed by atoms with Crippen LogP contribution in [0.2, 0.25) is 0 Å². The zero-order chi connectivity index (χ0) is 20.8. The third kappa shape index (κ3) is 5.44. The summed E-state index contributed by atoms with van der Waals surface area (Å²) in [7, 11) is 0. The van der Waals surface area contributed by atoms with Crippen LogP contribution in [0, 0.1) is 0 Å². The van der Waals surface area contributed by atoms with Gasteiger partial charge in [0.1, 0.15) is 22.5 Å². The quantitative estimate of drug-likeness (QED) is 0.323. The molecule has 0 unspecified atom stereocenters. The van der Waals surface area contributed by atoms with Crippen LogP contribution in [0.5, 0.6) is 0 Å². The number of rotatable bonds is 8. The van der Waals surface area contributed by atoms with Gasteiger partial charge in [-0.15, -0.1) is 0 Å². The standard InChI is InChI=1S/C19H20N4O5S/c1-11(2)23-14(24)7-20-15(25)8-27-16(26)9-29-19-18-17(21-10-22-19)12-5-3-4-6-13(12)28-18/h3-6,10-11H,7-9H2,1-2H3,(H,20,25)(H,23,24). The van der Waals surface area contributed by atoms with E-state index in [-0.39, 0.29) is 24.2 Å². The molecule has 10 heteroatoms. The number of ether oxygens (including phenoxy) is 1. The molecule has 0 saturated heterocycles. The Bertz CT molecular complexity index is 1050. The van der Waals surface area contributed by atoms with E-state index in [9.17, 15) is 14.4 Å². The Kier molecular flexibility index (Phi) is 6.65. The third-order valence-corrected chi connectivity index (χ3v) is 4.66. The topological polar surface area (TPSA) is 123 Å². The molecule has 0 bridgehead atoms. The second-order valence-electron chi connectivity index (χ2n) is 6.40. The maximum atomic E-state index is 11.9. The molecule has 0 radical (unpaired) electrons. The van der Waals surface area contributed by atoms with Gasteiger partial charge < -0.3 is 19.8 Å². The van der Waals surface area contributed by atoms with Crippen molar-refractivity contribution in [3.05, 3.63) is 30.6 Å². The number of amides is 2. The molecule has 3 aromatic rings. The van der Waals surface area contributed by atoms with E-state index in [1.165, 1.54) is 6.33 Å². The van der Waals surface area contributed by atoms with E-state index in [0.29, 0.717) is 21.7 Å². The minimum atomic E-state index is -0.584. The average Bonchev–Trinajstić information content (AvgIpc) is 3.08. The monoisotopic (exact) mass is 416 g/mol. The van der Waals surface area contributed by atoms with Crippen molar-refractivity contribution in [1.82, 2.24) is 20.6 Å². The molecule has 2 N–H and O–H groups in total. The van der Waals surface area contributed by atoms with Gasteiger partial charge in [0.15, 0.2) is 12.2 Å². The van der Waals surface area contributed by atoms with E-state index in [4.69, 9.17) is 9.15 Å². The number of para-hydroxylation sites is 1. The summed E-state index contributed by atoms with van der Waals surface area (Å²) in [4.78, 5) is 43.5. The second-order valence-corrected chi connectivity index (χ2v) is 7.37. The van der Waals surface area contributed by atoms with E-state index < -0.39 is 18.5 Å². The van der Waals surface area contributed by atoms with Crippen LogP contribution in [0.15, 0.2) is 40.0 Å². The molecule has 0 atom stereocenters. The molecule has 0 spiro atoms. The Hall–Kier alpha value is -3.14. The van der Waals surface area contributed by atoms with Gasteiger partial charge in [0.25, 0.3) is 5.91 Å². The number of carbonyl (C=O) groups is 3.